The number of nitrogens with one attached hydrogen (secondary N) is 1. The lowest BCUT2D eigenvalue weighted by atomic mass is 10.0. The number of hydrogen-bond acceptors (Lipinski definition) is 4. The smallest absolute Gasteiger partial charge is 0.0991 e. The average Bonchev–Trinajstić information content (AvgIpc) is 2.46. The van der Waals surface area contributed by atoms with E-state index >= 15 is 0 Å². The third-order valence-corrected chi connectivity index (χ3v) is 3.85. The summed E-state index contributed by atoms with van der Waals surface area (Å²) in [6.07, 6.45) is 1.90. The summed E-state index contributed by atoms with van der Waals surface area (Å²) in [5, 5.41) is 12.2. The Morgan fingerprint density at radius 3 is 2.85 bits per heavy atom. The van der Waals surface area contributed by atoms with Crippen LogP contribution in [-0.4, -0.2) is 43.2 Å². The van der Waals surface area contributed by atoms with Gasteiger partial charge in [-0.2, -0.15) is 5.26 Å². The maximum Gasteiger partial charge on any atom is 0.0991 e. The molecule has 0 aromatic heterocycles. The van der Waals surface area contributed by atoms with Gasteiger partial charge in [0, 0.05) is 31.7 Å². The number of benzene rings is 1. The van der Waals surface area contributed by atoms with E-state index in [0.717, 1.165) is 39.0 Å². The fraction of sp³-hybridized carbons (Fsp3) is 0.562. The van der Waals surface area contributed by atoms with Crippen LogP contribution >= 0.6 is 0 Å². The lowest BCUT2D eigenvalue weighted by Gasteiger charge is -2.32. The molecule has 2 rings (SSSR count). The molecular weight excluding hydrogens is 248 g/mol. The molecule has 2 atom stereocenters. The van der Waals surface area contributed by atoms with E-state index in [4.69, 9.17) is 11.0 Å². The second-order valence-corrected chi connectivity index (χ2v) is 5.72. The Morgan fingerprint density at radius 1 is 1.45 bits per heavy atom. The van der Waals surface area contributed by atoms with E-state index in [0.29, 0.717) is 11.6 Å². The molecule has 4 nitrogen and oxygen atoms in total. The second kappa shape index (κ2) is 7.39. The van der Waals surface area contributed by atoms with Crippen molar-refractivity contribution < 1.29 is 0 Å². The lowest BCUT2D eigenvalue weighted by molar-refractivity contribution is 0.200. The minimum absolute atomic E-state index is 0.188. The van der Waals surface area contributed by atoms with Crippen molar-refractivity contribution in [1.29, 1.82) is 5.26 Å². The van der Waals surface area contributed by atoms with Gasteiger partial charge >= 0.3 is 0 Å². The van der Waals surface area contributed by atoms with Crippen molar-refractivity contribution in [3.05, 3.63) is 35.4 Å². The number of nitrogens with zero attached hydrogens (tertiary/aromatic N) is 2. The predicted molar refractivity (Wildman–Crippen MR) is 81.4 cm³/mol. The van der Waals surface area contributed by atoms with Gasteiger partial charge in [0.25, 0.3) is 0 Å². The summed E-state index contributed by atoms with van der Waals surface area (Å²) in [4.78, 5) is 2.49. The molecule has 1 aromatic rings. The van der Waals surface area contributed by atoms with Crippen molar-refractivity contribution in [1.82, 2.24) is 10.2 Å². The van der Waals surface area contributed by atoms with Crippen LogP contribution in [0.5, 0.6) is 0 Å². The Morgan fingerprint density at radius 2 is 2.20 bits per heavy atom. The van der Waals surface area contributed by atoms with Crippen LogP contribution in [0.15, 0.2) is 24.3 Å². The zero-order chi connectivity index (χ0) is 14.4. The van der Waals surface area contributed by atoms with Crippen molar-refractivity contribution >= 4 is 0 Å². The summed E-state index contributed by atoms with van der Waals surface area (Å²) in [7, 11) is 0. The standard InChI is InChI=1S/C16H24N4/c1-13-12-20(9-7-19-13)8-6-16(18)10-14-2-4-15(11-17)5-3-14/h2-5,13,16,19H,6-10,12,18H2,1H3/t13-,16?/m0/s1. The molecule has 108 valence electrons. The molecule has 1 aliphatic heterocycles. The third kappa shape index (κ3) is 4.61. The summed E-state index contributed by atoms with van der Waals surface area (Å²) in [6, 6.07) is 10.6. The quantitative estimate of drug-likeness (QED) is 0.843. The van der Waals surface area contributed by atoms with Gasteiger partial charge in [0.05, 0.1) is 11.6 Å². The van der Waals surface area contributed by atoms with Gasteiger partial charge in [0.1, 0.15) is 0 Å². The molecule has 0 bridgehead atoms. The van der Waals surface area contributed by atoms with Crippen molar-refractivity contribution in [2.45, 2.75) is 31.8 Å². The maximum absolute atomic E-state index is 8.77. The zero-order valence-corrected chi connectivity index (χ0v) is 12.2. The normalized spacial score (nSPS) is 21.4. The highest BCUT2D eigenvalue weighted by Gasteiger charge is 2.16. The summed E-state index contributed by atoms with van der Waals surface area (Å²) < 4.78 is 0. The summed E-state index contributed by atoms with van der Waals surface area (Å²) in [5.41, 5.74) is 8.14. The van der Waals surface area contributed by atoms with Gasteiger partial charge in [0.2, 0.25) is 0 Å². The molecule has 3 N–H and O–H groups in total. The highest BCUT2D eigenvalue weighted by molar-refractivity contribution is 5.31. The minimum Gasteiger partial charge on any atom is -0.327 e. The Hall–Kier alpha value is -1.41. The zero-order valence-electron chi connectivity index (χ0n) is 12.2. The molecule has 1 heterocycles. The van der Waals surface area contributed by atoms with Crippen molar-refractivity contribution in [3.63, 3.8) is 0 Å². The van der Waals surface area contributed by atoms with Crippen LogP contribution in [0.1, 0.15) is 24.5 Å². The van der Waals surface area contributed by atoms with Crippen LogP contribution in [0, 0.1) is 11.3 Å². The second-order valence-electron chi connectivity index (χ2n) is 5.72. The van der Waals surface area contributed by atoms with Crippen LogP contribution in [-0.2, 0) is 6.42 Å². The van der Waals surface area contributed by atoms with Crippen LogP contribution in [0.4, 0.5) is 0 Å². The van der Waals surface area contributed by atoms with Crippen molar-refractivity contribution in [2.24, 2.45) is 5.73 Å². The molecule has 1 aromatic carbocycles. The summed E-state index contributed by atoms with van der Waals surface area (Å²) >= 11 is 0. The summed E-state index contributed by atoms with van der Waals surface area (Å²) in [5.74, 6) is 0. The van der Waals surface area contributed by atoms with E-state index in [1.165, 1.54) is 5.56 Å². The van der Waals surface area contributed by atoms with Gasteiger partial charge in [-0.25, -0.2) is 0 Å². The van der Waals surface area contributed by atoms with Crippen molar-refractivity contribution in [3.8, 4) is 6.07 Å². The van der Waals surface area contributed by atoms with Gasteiger partial charge < -0.3 is 16.0 Å². The van der Waals surface area contributed by atoms with Crippen molar-refractivity contribution in [2.75, 3.05) is 26.2 Å². The number of rotatable bonds is 5. The molecule has 0 aliphatic carbocycles. The monoisotopic (exact) mass is 272 g/mol. The fourth-order valence-electron chi connectivity index (χ4n) is 2.68. The molecule has 0 spiro atoms. The number of nitrogens with two attached hydrogens (primary N) is 1. The fourth-order valence-corrected chi connectivity index (χ4v) is 2.68. The van der Waals surface area contributed by atoms with Gasteiger partial charge in [0.15, 0.2) is 0 Å². The highest BCUT2D eigenvalue weighted by Crippen LogP contribution is 2.08. The topological polar surface area (TPSA) is 65.1 Å². The Balaban J connectivity index is 1.74. The predicted octanol–water partition coefficient (Wildman–Crippen LogP) is 1.11. The van der Waals surface area contributed by atoms with Gasteiger partial charge in [-0.15, -0.1) is 0 Å². The number of nitriles is 1. The average molecular weight is 272 g/mol. The van der Waals surface area contributed by atoms with Crippen LogP contribution in [0.25, 0.3) is 0 Å². The van der Waals surface area contributed by atoms with E-state index in [2.05, 4.69) is 23.2 Å². The van der Waals surface area contributed by atoms with Crippen LogP contribution in [0.2, 0.25) is 0 Å². The van der Waals surface area contributed by atoms with E-state index < -0.39 is 0 Å². The highest BCUT2D eigenvalue weighted by atomic mass is 15.2. The molecule has 4 heteroatoms. The van der Waals surface area contributed by atoms with E-state index in [1.807, 2.05) is 24.3 Å². The van der Waals surface area contributed by atoms with Crippen LogP contribution in [0.3, 0.4) is 0 Å². The van der Waals surface area contributed by atoms with E-state index in [9.17, 15) is 0 Å². The first-order chi connectivity index (χ1) is 9.67. The van der Waals surface area contributed by atoms with Crippen LogP contribution < -0.4 is 11.1 Å². The van der Waals surface area contributed by atoms with Gasteiger partial charge in [-0.3, -0.25) is 0 Å². The molecule has 1 unspecified atom stereocenters. The number of piperazine rings is 1. The molecule has 0 amide bonds. The maximum atomic E-state index is 8.77. The Bertz CT molecular complexity index is 449. The lowest BCUT2D eigenvalue weighted by Crippen LogP contribution is -2.50. The Kier molecular flexibility index (Phi) is 5.54. The molecule has 20 heavy (non-hydrogen) atoms. The first-order valence-electron chi connectivity index (χ1n) is 7.37. The molecular formula is C16H24N4. The molecule has 0 radical (unpaired) electrons. The third-order valence-electron chi connectivity index (χ3n) is 3.85. The van der Waals surface area contributed by atoms with Gasteiger partial charge in [-0.1, -0.05) is 12.1 Å². The number of hydrogen-bond donors (Lipinski definition) is 2. The minimum atomic E-state index is 0.188. The molecule has 1 saturated heterocycles. The molecule has 1 fully saturated rings. The van der Waals surface area contributed by atoms with E-state index in [-0.39, 0.29) is 6.04 Å². The Labute approximate surface area is 121 Å². The molecule has 0 saturated carbocycles. The molecule has 1 aliphatic rings. The van der Waals surface area contributed by atoms with E-state index in [1.54, 1.807) is 0 Å². The first kappa shape index (κ1) is 15.0. The first-order valence-corrected chi connectivity index (χ1v) is 7.37. The van der Waals surface area contributed by atoms with Gasteiger partial charge in [-0.05, 0) is 44.0 Å². The summed E-state index contributed by atoms with van der Waals surface area (Å²) in [6.45, 7) is 6.61. The largest absolute Gasteiger partial charge is 0.327 e. The SMILES string of the molecule is C[C@H]1CN(CCC(N)Cc2ccc(C#N)cc2)CCN1.